The first-order chi connectivity index (χ1) is 10.4. The van der Waals surface area contributed by atoms with Crippen LogP contribution in [0.3, 0.4) is 0 Å². The van der Waals surface area contributed by atoms with Gasteiger partial charge in [-0.3, -0.25) is 4.68 Å². The van der Waals surface area contributed by atoms with E-state index in [0.29, 0.717) is 12.5 Å². The summed E-state index contributed by atoms with van der Waals surface area (Å²) in [7, 11) is 1.92. The minimum absolute atomic E-state index is 0.0251. The van der Waals surface area contributed by atoms with Gasteiger partial charge in [0.05, 0.1) is 17.8 Å². The molecule has 2 amide bonds. The molecular weight excluding hydrogens is 280 g/mol. The van der Waals surface area contributed by atoms with Crippen LogP contribution < -0.4 is 10.6 Å². The van der Waals surface area contributed by atoms with E-state index in [2.05, 4.69) is 22.7 Å². The zero-order valence-electron chi connectivity index (χ0n) is 14.0. The fourth-order valence-corrected chi connectivity index (χ4v) is 3.35. The lowest BCUT2D eigenvalue weighted by Gasteiger charge is -2.19. The summed E-state index contributed by atoms with van der Waals surface area (Å²) in [5, 5.41) is 19.9. The Labute approximate surface area is 132 Å². The number of nitrogens with zero attached hydrogens (tertiary/aromatic N) is 2. The van der Waals surface area contributed by atoms with E-state index in [-0.39, 0.29) is 18.2 Å². The van der Waals surface area contributed by atoms with Crippen molar-refractivity contribution in [3.8, 4) is 0 Å². The second-order valence-corrected chi connectivity index (χ2v) is 6.36. The average molecular weight is 308 g/mol. The van der Waals surface area contributed by atoms with Crippen LogP contribution in [0.2, 0.25) is 0 Å². The highest BCUT2D eigenvalue weighted by atomic mass is 16.3. The minimum Gasteiger partial charge on any atom is -0.393 e. The summed E-state index contributed by atoms with van der Waals surface area (Å²) in [5.41, 5.74) is 3.16. The van der Waals surface area contributed by atoms with Crippen LogP contribution >= 0.6 is 0 Å². The van der Waals surface area contributed by atoms with Gasteiger partial charge in [-0.1, -0.05) is 6.92 Å². The van der Waals surface area contributed by atoms with Crippen LogP contribution in [0.5, 0.6) is 0 Å². The maximum Gasteiger partial charge on any atom is 0.315 e. The normalized spacial score (nSPS) is 22.6. The summed E-state index contributed by atoms with van der Waals surface area (Å²) in [6.45, 7) is 6.69. The maximum absolute atomic E-state index is 12.1. The molecule has 1 saturated carbocycles. The third-order valence-electron chi connectivity index (χ3n) is 4.69. The molecule has 0 aliphatic heterocycles. The molecular formula is C16H28N4O2. The number of carbonyl (C=O) groups is 1. The monoisotopic (exact) mass is 308 g/mol. The Morgan fingerprint density at radius 2 is 2.18 bits per heavy atom. The first kappa shape index (κ1) is 16.8. The Hall–Kier alpha value is -1.56. The Kier molecular flexibility index (Phi) is 5.45. The lowest BCUT2D eigenvalue weighted by Crippen LogP contribution is -2.40. The first-order valence-electron chi connectivity index (χ1n) is 8.14. The molecule has 0 spiro atoms. The number of aliphatic hydroxyl groups excluding tert-OH is 1. The number of carbonyl (C=O) groups excluding carboxylic acids is 1. The van der Waals surface area contributed by atoms with Gasteiger partial charge < -0.3 is 15.7 Å². The average Bonchev–Trinajstić information content (AvgIpc) is 2.99. The molecule has 22 heavy (non-hydrogen) atoms. The van der Waals surface area contributed by atoms with E-state index in [4.69, 9.17) is 0 Å². The number of hydrogen-bond donors (Lipinski definition) is 3. The van der Waals surface area contributed by atoms with Crippen molar-refractivity contribution in [3.05, 3.63) is 17.0 Å². The van der Waals surface area contributed by atoms with Gasteiger partial charge in [-0.05, 0) is 45.4 Å². The van der Waals surface area contributed by atoms with Crippen LogP contribution in [0.1, 0.15) is 55.6 Å². The van der Waals surface area contributed by atoms with Gasteiger partial charge in [-0.25, -0.2) is 4.79 Å². The van der Waals surface area contributed by atoms with Gasteiger partial charge in [-0.2, -0.15) is 5.10 Å². The second-order valence-electron chi connectivity index (χ2n) is 6.36. The topological polar surface area (TPSA) is 79.2 Å². The van der Waals surface area contributed by atoms with Gasteiger partial charge in [0, 0.05) is 24.8 Å². The molecule has 2 rings (SSSR count). The summed E-state index contributed by atoms with van der Waals surface area (Å²) in [6.07, 6.45) is 3.25. The van der Waals surface area contributed by atoms with Gasteiger partial charge in [-0.15, -0.1) is 0 Å². The van der Waals surface area contributed by atoms with E-state index < -0.39 is 0 Å². The number of aliphatic hydroxyl groups is 1. The fraction of sp³-hybridized carbons (Fsp3) is 0.750. The molecule has 0 unspecified atom stereocenters. The Morgan fingerprint density at radius 3 is 2.68 bits per heavy atom. The number of aromatic nitrogens is 2. The standard InChI is InChI=1S/C16H28N4O2/c1-5-14(15-10(2)19-20(4)11(15)3)18-16(22)17-9-12-6-7-13(21)8-12/h12-14,21H,5-9H2,1-4H3,(H2,17,18,22)/t12-,13-,14+/m1/s1. The van der Waals surface area contributed by atoms with E-state index >= 15 is 0 Å². The first-order valence-corrected chi connectivity index (χ1v) is 8.14. The molecule has 0 aromatic carbocycles. The van der Waals surface area contributed by atoms with Crippen molar-refractivity contribution < 1.29 is 9.90 Å². The van der Waals surface area contributed by atoms with Gasteiger partial charge in [0.2, 0.25) is 0 Å². The van der Waals surface area contributed by atoms with Crippen LogP contribution in [0.25, 0.3) is 0 Å². The van der Waals surface area contributed by atoms with E-state index in [9.17, 15) is 9.90 Å². The molecule has 1 aromatic rings. The number of rotatable bonds is 5. The van der Waals surface area contributed by atoms with Crippen molar-refractivity contribution in [2.45, 2.75) is 58.6 Å². The summed E-state index contributed by atoms with van der Waals surface area (Å²) < 4.78 is 1.85. The molecule has 0 bridgehead atoms. The molecule has 124 valence electrons. The van der Waals surface area contributed by atoms with Gasteiger partial charge in [0.15, 0.2) is 0 Å². The molecule has 1 heterocycles. The second kappa shape index (κ2) is 7.13. The zero-order valence-corrected chi connectivity index (χ0v) is 14.0. The van der Waals surface area contributed by atoms with Crippen LogP contribution in [0.15, 0.2) is 0 Å². The molecule has 0 radical (unpaired) electrons. The van der Waals surface area contributed by atoms with Crippen LogP contribution in [-0.2, 0) is 7.05 Å². The van der Waals surface area contributed by atoms with Crippen LogP contribution in [0, 0.1) is 19.8 Å². The molecule has 1 aliphatic rings. The summed E-state index contributed by atoms with van der Waals surface area (Å²) >= 11 is 0. The van der Waals surface area contributed by atoms with E-state index in [1.807, 2.05) is 25.6 Å². The van der Waals surface area contributed by atoms with Crippen molar-refractivity contribution >= 4 is 6.03 Å². The predicted molar refractivity (Wildman–Crippen MR) is 85.6 cm³/mol. The van der Waals surface area contributed by atoms with Crippen molar-refractivity contribution in [2.24, 2.45) is 13.0 Å². The highest BCUT2D eigenvalue weighted by Gasteiger charge is 2.24. The van der Waals surface area contributed by atoms with E-state index in [0.717, 1.165) is 42.6 Å². The van der Waals surface area contributed by atoms with Crippen molar-refractivity contribution in [3.63, 3.8) is 0 Å². The van der Waals surface area contributed by atoms with Crippen molar-refractivity contribution in [2.75, 3.05) is 6.54 Å². The van der Waals surface area contributed by atoms with Gasteiger partial charge in [0.25, 0.3) is 0 Å². The summed E-state index contributed by atoms with van der Waals surface area (Å²) in [6, 6.07) is -0.168. The largest absolute Gasteiger partial charge is 0.393 e. The number of amides is 2. The van der Waals surface area contributed by atoms with Crippen LogP contribution in [0.4, 0.5) is 4.79 Å². The minimum atomic E-state index is -0.195. The van der Waals surface area contributed by atoms with Crippen molar-refractivity contribution in [1.82, 2.24) is 20.4 Å². The number of aryl methyl sites for hydroxylation is 2. The smallest absolute Gasteiger partial charge is 0.315 e. The Bertz CT molecular complexity index is 526. The highest BCUT2D eigenvalue weighted by molar-refractivity contribution is 5.74. The van der Waals surface area contributed by atoms with E-state index in [1.165, 1.54) is 0 Å². The number of urea groups is 1. The third kappa shape index (κ3) is 3.80. The summed E-state index contributed by atoms with van der Waals surface area (Å²) in [5.74, 6) is 0.391. The SMILES string of the molecule is CC[C@H](NC(=O)NC[C@@H]1CC[C@@H](O)C1)c1c(C)nn(C)c1C. The summed E-state index contributed by atoms with van der Waals surface area (Å²) in [4.78, 5) is 12.1. The predicted octanol–water partition coefficient (Wildman–Crippen LogP) is 1.95. The lowest BCUT2D eigenvalue weighted by molar-refractivity contribution is 0.177. The fourth-order valence-electron chi connectivity index (χ4n) is 3.35. The molecule has 3 N–H and O–H groups in total. The molecule has 1 fully saturated rings. The highest BCUT2D eigenvalue weighted by Crippen LogP contribution is 2.25. The molecule has 1 aliphatic carbocycles. The van der Waals surface area contributed by atoms with Gasteiger partial charge in [0.1, 0.15) is 0 Å². The molecule has 6 nitrogen and oxygen atoms in total. The van der Waals surface area contributed by atoms with E-state index in [1.54, 1.807) is 0 Å². The maximum atomic E-state index is 12.1. The Balaban J connectivity index is 1.91. The quantitative estimate of drug-likeness (QED) is 0.778. The number of hydrogen-bond acceptors (Lipinski definition) is 3. The molecule has 1 aromatic heterocycles. The lowest BCUT2D eigenvalue weighted by atomic mass is 10.0. The third-order valence-corrected chi connectivity index (χ3v) is 4.69. The zero-order chi connectivity index (χ0) is 16.3. The van der Waals surface area contributed by atoms with Gasteiger partial charge >= 0.3 is 6.03 Å². The molecule has 3 atom stereocenters. The van der Waals surface area contributed by atoms with Crippen molar-refractivity contribution in [1.29, 1.82) is 0 Å². The molecule has 6 heteroatoms. The van der Waals surface area contributed by atoms with Crippen LogP contribution in [-0.4, -0.2) is 33.6 Å². The number of nitrogens with one attached hydrogen (secondary N) is 2. The Morgan fingerprint density at radius 1 is 1.45 bits per heavy atom. The molecule has 0 saturated heterocycles.